The highest BCUT2D eigenvalue weighted by molar-refractivity contribution is 5.88. The minimum atomic E-state index is -2.74. The number of rotatable bonds is 14. The quantitative estimate of drug-likeness (QED) is 0.176. The molecule has 4 rings (SSSR count). The fourth-order valence-corrected chi connectivity index (χ4v) is 5.00. The molecule has 0 saturated heterocycles. The Hall–Kier alpha value is -4.49. The fourth-order valence-electron chi connectivity index (χ4n) is 5.00. The number of aryl methyl sites for hydroxylation is 1. The van der Waals surface area contributed by atoms with Crippen LogP contribution in [0.1, 0.15) is 54.7 Å². The van der Waals surface area contributed by atoms with Crippen molar-refractivity contribution in [1.82, 2.24) is 10.5 Å². The molecule has 13 heteroatoms. The molecule has 0 spiro atoms. The monoisotopic (exact) mass is 616 g/mol. The summed E-state index contributed by atoms with van der Waals surface area (Å²) in [5, 5.41) is 41.5. The number of benzene rings is 2. The summed E-state index contributed by atoms with van der Waals surface area (Å²) in [5.74, 6) is -2.53. The Morgan fingerprint density at radius 1 is 1.05 bits per heavy atom. The molecule has 1 fully saturated rings. The lowest BCUT2D eigenvalue weighted by Crippen LogP contribution is -2.42. The summed E-state index contributed by atoms with van der Waals surface area (Å²) in [6.45, 7) is 2.84. The fraction of sp³-hybridized carbons (Fsp3) is 0.419. The Labute approximate surface area is 253 Å². The third kappa shape index (κ3) is 10.1. The molecule has 2 aromatic carbocycles. The molecule has 3 aromatic rings. The van der Waals surface area contributed by atoms with Crippen molar-refractivity contribution >= 4 is 17.9 Å². The molecule has 0 radical (unpaired) electrons. The van der Waals surface area contributed by atoms with Gasteiger partial charge in [-0.1, -0.05) is 35.8 Å². The zero-order valence-corrected chi connectivity index (χ0v) is 24.5. The first-order valence-electron chi connectivity index (χ1n) is 14.0. The lowest BCUT2D eigenvalue weighted by molar-refractivity contribution is -0.170. The van der Waals surface area contributed by atoms with Crippen LogP contribution in [-0.4, -0.2) is 62.2 Å². The number of carboxylic acids is 3. The van der Waals surface area contributed by atoms with Crippen molar-refractivity contribution in [3.05, 3.63) is 76.9 Å². The maximum atomic E-state index is 13.9. The third-order valence-electron chi connectivity index (χ3n) is 7.22. The van der Waals surface area contributed by atoms with Crippen LogP contribution in [0.15, 0.2) is 53.1 Å². The van der Waals surface area contributed by atoms with Gasteiger partial charge in [0.05, 0.1) is 25.6 Å². The number of hydrogen-bond donors (Lipinski definition) is 5. The van der Waals surface area contributed by atoms with Crippen molar-refractivity contribution in [3.63, 3.8) is 0 Å². The molecule has 5 N–H and O–H groups in total. The molecule has 0 bridgehead atoms. The standard InChI is InChI=1S/C25H29FN2O3.C6H8O7/c1-17-12-21(31-28-17)14-19-7-5-9-23(19)27-15-18-10-11-24(29-2)25(13-18)30-16-20-6-3-4-8-22(20)26;7-3(8)1-6(13,5(11)12)2-4(9)10/h3-4,6,8,10-13,19,23,27H,5,7,9,14-16H2,1-2H3;13H,1-2H2,(H,7,8)(H,9,10)(H,11,12)/t19-,23+;/m0./s1. The van der Waals surface area contributed by atoms with Crippen molar-refractivity contribution in [1.29, 1.82) is 0 Å². The van der Waals surface area contributed by atoms with Gasteiger partial charge in [0.2, 0.25) is 0 Å². The van der Waals surface area contributed by atoms with Gasteiger partial charge in [0.25, 0.3) is 0 Å². The first-order valence-corrected chi connectivity index (χ1v) is 14.0. The average molecular weight is 617 g/mol. The van der Waals surface area contributed by atoms with E-state index in [9.17, 15) is 18.8 Å². The Balaban J connectivity index is 0.000000345. The number of nitrogens with one attached hydrogen (secondary N) is 1. The molecule has 0 amide bonds. The van der Waals surface area contributed by atoms with E-state index in [4.69, 9.17) is 34.4 Å². The van der Waals surface area contributed by atoms with Gasteiger partial charge in [-0.15, -0.1) is 0 Å². The van der Waals surface area contributed by atoms with Gasteiger partial charge in [-0.05, 0) is 49.4 Å². The van der Waals surface area contributed by atoms with Crippen LogP contribution in [-0.2, 0) is 34.0 Å². The number of halogens is 1. The molecule has 1 aliphatic rings. The normalized spacial score (nSPS) is 16.1. The second-order valence-electron chi connectivity index (χ2n) is 10.7. The third-order valence-corrected chi connectivity index (χ3v) is 7.22. The van der Waals surface area contributed by atoms with E-state index >= 15 is 0 Å². The number of aliphatic hydroxyl groups is 1. The highest BCUT2D eigenvalue weighted by atomic mass is 19.1. The first kappa shape index (κ1) is 34.0. The lowest BCUT2D eigenvalue weighted by atomic mass is 9.96. The van der Waals surface area contributed by atoms with Crippen LogP contribution < -0.4 is 14.8 Å². The SMILES string of the molecule is COc1ccc(CN[C@@H]2CCC[C@H]2Cc2cc(C)no2)cc1OCc1ccccc1F.O=C(O)CC(O)(CC(=O)O)C(=O)O. The van der Waals surface area contributed by atoms with Gasteiger partial charge in [0, 0.05) is 30.6 Å². The van der Waals surface area contributed by atoms with E-state index in [0.717, 1.165) is 36.4 Å². The zero-order chi connectivity index (χ0) is 32.3. The lowest BCUT2D eigenvalue weighted by Gasteiger charge is -2.20. The Kier molecular flexibility index (Phi) is 12.2. The van der Waals surface area contributed by atoms with Crippen molar-refractivity contribution in [2.45, 2.75) is 70.2 Å². The van der Waals surface area contributed by atoms with Crippen LogP contribution >= 0.6 is 0 Å². The summed E-state index contributed by atoms with van der Waals surface area (Å²) >= 11 is 0. The summed E-state index contributed by atoms with van der Waals surface area (Å²) in [6, 6.07) is 15.0. The van der Waals surface area contributed by atoms with Crippen LogP contribution in [0.2, 0.25) is 0 Å². The summed E-state index contributed by atoms with van der Waals surface area (Å²) in [7, 11) is 1.61. The van der Waals surface area contributed by atoms with Crippen molar-refractivity contribution in [3.8, 4) is 11.5 Å². The minimum absolute atomic E-state index is 0.154. The van der Waals surface area contributed by atoms with Crippen molar-refractivity contribution in [2.24, 2.45) is 5.92 Å². The number of nitrogens with zero attached hydrogens (tertiary/aromatic N) is 1. The smallest absolute Gasteiger partial charge is 0.336 e. The molecule has 1 aromatic heterocycles. The van der Waals surface area contributed by atoms with E-state index in [2.05, 4.69) is 10.5 Å². The van der Waals surface area contributed by atoms with Gasteiger partial charge in [-0.3, -0.25) is 9.59 Å². The summed E-state index contributed by atoms with van der Waals surface area (Å²) < 4.78 is 30.6. The molecule has 44 heavy (non-hydrogen) atoms. The summed E-state index contributed by atoms with van der Waals surface area (Å²) in [5.41, 5.74) is -0.189. The Morgan fingerprint density at radius 2 is 1.75 bits per heavy atom. The van der Waals surface area contributed by atoms with Crippen LogP contribution in [0, 0.1) is 18.7 Å². The van der Waals surface area contributed by atoms with E-state index in [1.54, 1.807) is 25.3 Å². The van der Waals surface area contributed by atoms with Crippen molar-refractivity contribution < 1.29 is 53.2 Å². The molecule has 0 aliphatic heterocycles. The molecule has 238 valence electrons. The minimum Gasteiger partial charge on any atom is -0.493 e. The van der Waals surface area contributed by atoms with E-state index in [-0.39, 0.29) is 12.4 Å². The molecular formula is C31H37FN2O10. The second kappa shape index (κ2) is 15.8. The van der Waals surface area contributed by atoms with E-state index < -0.39 is 36.4 Å². The molecular weight excluding hydrogens is 579 g/mol. The maximum Gasteiger partial charge on any atom is 0.336 e. The van der Waals surface area contributed by atoms with Gasteiger partial charge >= 0.3 is 17.9 Å². The zero-order valence-electron chi connectivity index (χ0n) is 24.5. The number of aliphatic carboxylic acids is 3. The molecule has 1 saturated carbocycles. The topological polar surface area (TPSA) is 189 Å². The molecule has 12 nitrogen and oxygen atoms in total. The van der Waals surface area contributed by atoms with Crippen LogP contribution in [0.25, 0.3) is 0 Å². The second-order valence-corrected chi connectivity index (χ2v) is 10.7. The largest absolute Gasteiger partial charge is 0.493 e. The van der Waals surface area contributed by atoms with Gasteiger partial charge in [0.1, 0.15) is 18.2 Å². The Bertz CT molecular complexity index is 1410. The van der Waals surface area contributed by atoms with E-state index in [0.29, 0.717) is 29.0 Å². The number of methoxy groups -OCH3 is 1. The highest BCUT2D eigenvalue weighted by Crippen LogP contribution is 2.31. The number of hydrogen-bond acceptors (Lipinski definition) is 9. The van der Waals surface area contributed by atoms with Gasteiger partial charge in [-0.2, -0.15) is 0 Å². The van der Waals surface area contributed by atoms with Gasteiger partial charge in [-0.25, -0.2) is 9.18 Å². The highest BCUT2D eigenvalue weighted by Gasteiger charge is 2.40. The van der Waals surface area contributed by atoms with Crippen molar-refractivity contribution in [2.75, 3.05) is 7.11 Å². The number of aromatic nitrogens is 1. The Morgan fingerprint density at radius 3 is 2.34 bits per heavy atom. The van der Waals surface area contributed by atoms with E-state index in [1.165, 1.54) is 18.9 Å². The van der Waals surface area contributed by atoms with Crippen LogP contribution in [0.5, 0.6) is 11.5 Å². The van der Waals surface area contributed by atoms with Gasteiger partial charge < -0.3 is 39.7 Å². The molecule has 2 atom stereocenters. The summed E-state index contributed by atoms with van der Waals surface area (Å²) in [4.78, 5) is 30.5. The van der Waals surface area contributed by atoms with Crippen LogP contribution in [0.4, 0.5) is 4.39 Å². The summed E-state index contributed by atoms with van der Waals surface area (Å²) in [6.07, 6.45) is 2.19. The number of carbonyl (C=O) groups is 3. The van der Waals surface area contributed by atoms with E-state index in [1.807, 2.05) is 31.2 Å². The number of carboxylic acid groups (broad SMARTS) is 3. The maximum absolute atomic E-state index is 13.9. The first-order chi connectivity index (χ1) is 20.9. The average Bonchev–Trinajstić information content (AvgIpc) is 3.59. The molecule has 1 aliphatic carbocycles. The predicted octanol–water partition coefficient (Wildman–Crippen LogP) is 3.96. The van der Waals surface area contributed by atoms with Crippen LogP contribution in [0.3, 0.4) is 0 Å². The van der Waals surface area contributed by atoms with Gasteiger partial charge in [0.15, 0.2) is 17.1 Å². The molecule has 1 heterocycles. The molecule has 0 unspecified atom stereocenters. The predicted molar refractivity (Wildman–Crippen MR) is 154 cm³/mol. The number of ether oxygens (including phenoxy) is 2.